The largest absolute Gasteiger partial charge is 0.347 e. The van der Waals surface area contributed by atoms with Crippen LogP contribution in [-0.2, 0) is 15.9 Å². The van der Waals surface area contributed by atoms with Crippen LogP contribution in [0.5, 0.6) is 0 Å². The summed E-state index contributed by atoms with van der Waals surface area (Å²) in [6.45, 7) is 15.1. The van der Waals surface area contributed by atoms with Crippen LogP contribution in [0.2, 0.25) is 0 Å². The fourth-order valence-corrected chi connectivity index (χ4v) is 5.39. The van der Waals surface area contributed by atoms with Crippen molar-refractivity contribution in [3.8, 4) is 0 Å². The Morgan fingerprint density at radius 3 is 2.46 bits per heavy atom. The van der Waals surface area contributed by atoms with Crippen molar-refractivity contribution in [2.24, 2.45) is 5.41 Å². The molecule has 1 aliphatic heterocycles. The van der Waals surface area contributed by atoms with Crippen LogP contribution in [0.25, 0.3) is 6.08 Å². The number of rotatable bonds is 1. The normalized spacial score (nSPS) is 27.6. The summed E-state index contributed by atoms with van der Waals surface area (Å²) in [6, 6.07) is 0.608. The third-order valence-electron chi connectivity index (χ3n) is 6.69. The highest BCUT2D eigenvalue weighted by Crippen LogP contribution is 2.56. The van der Waals surface area contributed by atoms with Gasteiger partial charge in [-0.2, -0.15) is 5.10 Å². The molecule has 1 aromatic rings. The molecule has 4 aliphatic rings. The zero-order valence-electron chi connectivity index (χ0n) is 17.7. The first-order valence-corrected chi connectivity index (χ1v) is 10.8. The van der Waals surface area contributed by atoms with E-state index in [1.54, 1.807) is 6.08 Å². The van der Waals surface area contributed by atoms with Crippen LogP contribution in [-0.4, -0.2) is 28.8 Å². The molecule has 154 valence electrons. The molecule has 4 nitrogen and oxygen atoms in total. The van der Waals surface area contributed by atoms with Crippen LogP contribution in [0.4, 0.5) is 0 Å². The van der Waals surface area contributed by atoms with Gasteiger partial charge in [0, 0.05) is 11.8 Å². The minimum Gasteiger partial charge on any atom is -0.347 e. The van der Waals surface area contributed by atoms with Crippen molar-refractivity contribution in [3.63, 3.8) is 0 Å². The Balaban J connectivity index is 0.000000414. The Morgan fingerprint density at radius 1 is 1.18 bits per heavy atom. The van der Waals surface area contributed by atoms with Crippen LogP contribution in [0, 0.1) is 5.41 Å². The predicted octanol–water partition coefficient (Wildman–Crippen LogP) is 5.87. The molecule has 2 heterocycles. The quantitative estimate of drug-likeness (QED) is 0.569. The second-order valence-corrected chi connectivity index (χ2v) is 8.33. The Hall–Kier alpha value is -1.65. The third-order valence-corrected chi connectivity index (χ3v) is 6.69. The predicted molar refractivity (Wildman–Crippen MR) is 115 cm³/mol. The molecule has 2 saturated carbocycles. The fourth-order valence-electron chi connectivity index (χ4n) is 5.39. The van der Waals surface area contributed by atoms with Crippen LogP contribution < -0.4 is 0 Å². The highest BCUT2D eigenvalue weighted by Gasteiger charge is 2.57. The van der Waals surface area contributed by atoms with E-state index in [2.05, 4.69) is 43.6 Å². The van der Waals surface area contributed by atoms with Crippen molar-refractivity contribution in [1.29, 1.82) is 0 Å². The maximum atomic E-state index is 6.19. The van der Waals surface area contributed by atoms with E-state index in [-0.39, 0.29) is 5.41 Å². The number of hydrogen-bond donors (Lipinski definition) is 0. The summed E-state index contributed by atoms with van der Waals surface area (Å²) in [5.74, 6) is -0.399. The molecule has 3 aliphatic carbocycles. The zero-order valence-corrected chi connectivity index (χ0v) is 17.7. The highest BCUT2D eigenvalue weighted by atomic mass is 16.7. The van der Waals surface area contributed by atoms with E-state index in [1.165, 1.54) is 48.9 Å². The van der Waals surface area contributed by atoms with Gasteiger partial charge in [0.2, 0.25) is 0 Å². The van der Waals surface area contributed by atoms with Gasteiger partial charge in [0.05, 0.1) is 31.1 Å². The van der Waals surface area contributed by atoms with Crippen molar-refractivity contribution in [1.82, 2.24) is 9.78 Å². The molecule has 28 heavy (non-hydrogen) atoms. The fraction of sp³-hybridized carbons (Fsp3) is 0.625. The van der Waals surface area contributed by atoms with Crippen molar-refractivity contribution >= 4 is 6.08 Å². The van der Waals surface area contributed by atoms with E-state index in [4.69, 9.17) is 14.6 Å². The lowest BCUT2D eigenvalue weighted by Crippen LogP contribution is -2.53. The van der Waals surface area contributed by atoms with E-state index in [1.807, 2.05) is 6.92 Å². The monoisotopic (exact) mass is 384 g/mol. The molecule has 0 amide bonds. The lowest BCUT2D eigenvalue weighted by atomic mass is 9.62. The van der Waals surface area contributed by atoms with Gasteiger partial charge in [-0.15, -0.1) is 19.7 Å². The average Bonchev–Trinajstić information content (AvgIpc) is 3.44. The summed E-state index contributed by atoms with van der Waals surface area (Å²) in [7, 11) is 0. The van der Waals surface area contributed by atoms with Gasteiger partial charge in [0.15, 0.2) is 5.79 Å². The summed E-state index contributed by atoms with van der Waals surface area (Å²) in [4.78, 5) is 0. The molecule has 1 aromatic heterocycles. The summed E-state index contributed by atoms with van der Waals surface area (Å²) in [5, 5.41) is 4.77. The molecule has 4 heteroatoms. The van der Waals surface area contributed by atoms with Crippen molar-refractivity contribution in [2.45, 2.75) is 77.0 Å². The number of nitrogens with zero attached hydrogens (tertiary/aromatic N) is 2. The highest BCUT2D eigenvalue weighted by molar-refractivity contribution is 5.60. The average molecular weight is 385 g/mol. The molecule has 1 saturated heterocycles. The third kappa shape index (κ3) is 3.42. The van der Waals surface area contributed by atoms with Gasteiger partial charge < -0.3 is 9.47 Å². The Kier molecular flexibility index (Phi) is 6.61. The first-order chi connectivity index (χ1) is 13.6. The minimum atomic E-state index is -0.399. The Bertz CT molecular complexity index is 708. The molecule has 3 fully saturated rings. The van der Waals surface area contributed by atoms with Gasteiger partial charge in [0.25, 0.3) is 0 Å². The van der Waals surface area contributed by atoms with Gasteiger partial charge in [-0.3, -0.25) is 4.68 Å². The van der Waals surface area contributed by atoms with Gasteiger partial charge in [-0.25, -0.2) is 0 Å². The van der Waals surface area contributed by atoms with Crippen molar-refractivity contribution < 1.29 is 9.47 Å². The molecule has 0 radical (unpaired) electrons. The number of ether oxygens (including phenoxy) is 2. The van der Waals surface area contributed by atoms with Gasteiger partial charge in [-0.05, 0) is 50.7 Å². The van der Waals surface area contributed by atoms with Crippen molar-refractivity contribution in [3.05, 3.63) is 48.8 Å². The van der Waals surface area contributed by atoms with Gasteiger partial charge >= 0.3 is 0 Å². The van der Waals surface area contributed by atoms with Gasteiger partial charge in [0.1, 0.15) is 0 Å². The van der Waals surface area contributed by atoms with E-state index in [9.17, 15) is 0 Å². The summed E-state index contributed by atoms with van der Waals surface area (Å²) in [5.41, 5.74) is 4.22. The van der Waals surface area contributed by atoms with Crippen LogP contribution in [0.3, 0.4) is 0 Å². The molecular weight excluding hydrogens is 348 g/mol. The maximum Gasteiger partial charge on any atom is 0.177 e. The number of fused-ring (bicyclic) bond motifs is 3. The van der Waals surface area contributed by atoms with E-state index < -0.39 is 5.79 Å². The molecule has 0 unspecified atom stereocenters. The van der Waals surface area contributed by atoms with Gasteiger partial charge in [-0.1, -0.05) is 31.4 Å². The second kappa shape index (κ2) is 8.79. The standard InChI is InChI=1S/C19H26N2O2.C3H6.C2H4/c1-18-12-14-13-20-21(16-6-2-3-7-16)17(14)11-15(18)5-4-8-19(18)22-9-10-23-19;1-3-2;1-2/h11,13,16H,2-10,12H2,1H3;3H,1H2,2H3;1-2H2/t18-;;/m0../s1. The smallest absolute Gasteiger partial charge is 0.177 e. The topological polar surface area (TPSA) is 36.3 Å². The van der Waals surface area contributed by atoms with E-state index >= 15 is 0 Å². The summed E-state index contributed by atoms with van der Waals surface area (Å²) >= 11 is 0. The first-order valence-electron chi connectivity index (χ1n) is 10.8. The first kappa shape index (κ1) is 21.1. The Labute approximate surface area is 170 Å². The number of aromatic nitrogens is 2. The minimum absolute atomic E-state index is 0.0295. The Morgan fingerprint density at radius 2 is 1.82 bits per heavy atom. The van der Waals surface area contributed by atoms with Crippen molar-refractivity contribution in [2.75, 3.05) is 13.2 Å². The van der Waals surface area contributed by atoms with Crippen LogP contribution in [0.15, 0.2) is 37.6 Å². The number of hydrogen-bond acceptors (Lipinski definition) is 3. The summed E-state index contributed by atoms with van der Waals surface area (Å²) in [6.07, 6.45) is 15.9. The zero-order chi connectivity index (χ0) is 20.2. The molecule has 0 aromatic carbocycles. The molecule has 1 atom stereocenters. The lowest BCUT2D eigenvalue weighted by molar-refractivity contribution is -0.234. The molecular formula is C24H36N2O2. The molecule has 0 N–H and O–H groups in total. The molecule has 5 rings (SSSR count). The molecule has 1 spiro atoms. The lowest BCUT2D eigenvalue weighted by Gasteiger charge is -2.51. The second-order valence-electron chi connectivity index (χ2n) is 8.33. The maximum absolute atomic E-state index is 6.19. The van der Waals surface area contributed by atoms with E-state index in [0.29, 0.717) is 6.04 Å². The summed E-state index contributed by atoms with van der Waals surface area (Å²) < 4.78 is 14.7. The molecule has 0 bridgehead atoms. The van der Waals surface area contributed by atoms with Crippen LogP contribution in [0.1, 0.15) is 76.1 Å². The van der Waals surface area contributed by atoms with Crippen LogP contribution >= 0.6 is 0 Å². The number of allylic oxidation sites excluding steroid dienone is 1. The SMILES string of the molecule is C=C.C=CC.C[C@]12Cc3cnn(C4CCCC4)c3C=C1CCCC21OCCO1. The van der Waals surface area contributed by atoms with E-state index in [0.717, 1.165) is 32.5 Å².